The summed E-state index contributed by atoms with van der Waals surface area (Å²) in [7, 11) is 0. The number of carbonyl (C=O) groups is 1. The summed E-state index contributed by atoms with van der Waals surface area (Å²) in [6.45, 7) is 11.9. The van der Waals surface area contributed by atoms with Crippen LogP contribution in [0.15, 0.2) is 212 Å². The second-order valence-corrected chi connectivity index (χ2v) is 18.5. The van der Waals surface area contributed by atoms with Crippen LogP contribution in [0, 0.1) is 0 Å². The van der Waals surface area contributed by atoms with Crippen molar-refractivity contribution >= 4 is 34.0 Å². The standard InChI is InChI=1S/C64H58N4O2/c1-5-65-53-39-49(43-27-15-9-16-28-43)51(41-55(53)67(7-3)61(47-35-23-13-24-36-47)59(65)45-31-19-11-20-32-45)57-63(69)58(64(57)70)52-42-56-54(40-50(52)44-29-17-10-18-30-44)66(6-2)60(46-33-21-12-22-34-46)62(68(56)8-4)48-37-25-14-26-38-48/h9-42,59-62H,5-8H2,1-4H3/p+1. The van der Waals surface area contributed by atoms with Crippen molar-refractivity contribution in [3.8, 4) is 22.3 Å². The topological polar surface area (TPSA) is 50.0 Å². The number of rotatable bonds is 11. The highest BCUT2D eigenvalue weighted by atomic mass is 16.3. The summed E-state index contributed by atoms with van der Waals surface area (Å²) >= 11 is 0. The van der Waals surface area contributed by atoms with Crippen LogP contribution in [0.3, 0.4) is 0 Å². The van der Waals surface area contributed by atoms with E-state index >= 15 is 4.79 Å². The quantitative estimate of drug-likeness (QED) is 0.131. The third kappa shape index (κ3) is 7.41. The number of fused-ring (bicyclic) bond motifs is 2. The van der Waals surface area contributed by atoms with Crippen LogP contribution in [0.25, 0.3) is 33.4 Å². The summed E-state index contributed by atoms with van der Waals surface area (Å²) in [5, 5.41) is 14.7. The zero-order valence-corrected chi connectivity index (χ0v) is 40.4. The Balaban J connectivity index is 1.18. The van der Waals surface area contributed by atoms with Gasteiger partial charge in [-0.15, -0.1) is 0 Å². The number of allylic oxidation sites excluding steroid dienone is 2. The number of anilines is 3. The number of hydrogen-bond donors (Lipinski definition) is 1. The summed E-state index contributed by atoms with van der Waals surface area (Å²) in [6.07, 6.45) is 0. The number of nitrogens with zero attached hydrogens (tertiary/aromatic N) is 4. The highest BCUT2D eigenvalue weighted by Crippen LogP contribution is 2.54. The van der Waals surface area contributed by atoms with Crippen LogP contribution in [0.5, 0.6) is 0 Å². The maximum absolute atomic E-state index is 15.6. The lowest BCUT2D eigenvalue weighted by molar-refractivity contribution is -0.109. The fourth-order valence-electron chi connectivity index (χ4n) is 11.9. The average molecular weight is 916 g/mol. The fourth-order valence-corrected chi connectivity index (χ4v) is 11.9. The summed E-state index contributed by atoms with van der Waals surface area (Å²) in [6, 6.07) is 72.9. The van der Waals surface area contributed by atoms with Crippen molar-refractivity contribution in [2.45, 2.75) is 51.9 Å². The van der Waals surface area contributed by atoms with Gasteiger partial charge in [-0.3, -0.25) is 4.79 Å². The van der Waals surface area contributed by atoms with Crippen molar-refractivity contribution in [1.29, 1.82) is 0 Å². The molecule has 11 rings (SSSR count). The molecule has 1 N–H and O–H groups in total. The minimum Gasteiger partial charge on any atom is -0.506 e. The largest absolute Gasteiger partial charge is 0.506 e. The van der Waals surface area contributed by atoms with E-state index < -0.39 is 0 Å². The molecule has 0 spiro atoms. The lowest BCUT2D eigenvalue weighted by Gasteiger charge is -2.51. The number of ketones is 1. The molecule has 6 heteroatoms. The van der Waals surface area contributed by atoms with Crippen molar-refractivity contribution in [2.24, 2.45) is 0 Å². The van der Waals surface area contributed by atoms with E-state index in [0.717, 1.165) is 81.6 Å². The molecule has 1 aliphatic carbocycles. The van der Waals surface area contributed by atoms with Crippen LogP contribution >= 0.6 is 0 Å². The highest BCUT2D eigenvalue weighted by molar-refractivity contribution is 6.52. The molecule has 0 aromatic heterocycles. The second-order valence-electron chi connectivity index (χ2n) is 18.5. The van der Waals surface area contributed by atoms with Crippen LogP contribution in [0.2, 0.25) is 0 Å². The maximum Gasteiger partial charge on any atom is 0.224 e. The first-order valence-electron chi connectivity index (χ1n) is 25.0. The van der Waals surface area contributed by atoms with Gasteiger partial charge in [-0.2, -0.15) is 0 Å². The Bertz CT molecular complexity index is 3360. The molecule has 6 nitrogen and oxygen atoms in total. The van der Waals surface area contributed by atoms with Gasteiger partial charge < -0.3 is 19.8 Å². The number of carbonyl (C=O) groups excluding carboxylic acids is 1. The number of hydrogen-bond acceptors (Lipinski definition) is 5. The molecule has 8 aromatic carbocycles. The molecule has 4 atom stereocenters. The van der Waals surface area contributed by atoms with Gasteiger partial charge in [0.1, 0.15) is 24.0 Å². The third-order valence-electron chi connectivity index (χ3n) is 15.0. The first-order valence-corrected chi connectivity index (χ1v) is 25.0. The minimum atomic E-state index is -0.160. The summed E-state index contributed by atoms with van der Waals surface area (Å²) < 4.78 is 2.53. The first-order chi connectivity index (χ1) is 34.4. The number of aliphatic hydroxyl groups excluding tert-OH is 1. The minimum absolute atomic E-state index is 0.0182. The van der Waals surface area contributed by atoms with Crippen molar-refractivity contribution in [2.75, 3.05) is 40.9 Å². The predicted octanol–water partition coefficient (Wildman–Crippen LogP) is 12.7. The fraction of sp³-hybridized carbons (Fsp3) is 0.188. The second kappa shape index (κ2) is 18.9. The van der Waals surface area contributed by atoms with E-state index in [2.05, 4.69) is 217 Å². The highest BCUT2D eigenvalue weighted by Gasteiger charge is 2.45. The molecule has 4 unspecified atom stereocenters. The van der Waals surface area contributed by atoms with Gasteiger partial charge in [0, 0.05) is 31.3 Å². The number of Topliss-reactive ketones (excluding diaryl/α,β-unsaturated/α-hetero) is 1. The Morgan fingerprint density at radius 1 is 0.429 bits per heavy atom. The SMILES string of the molecule is CCN1c2cc(C3=C(O)/C(=c4\cc5c(cc4-c4ccccc4)=[N+](CC)C(c4ccccc4)C(c4ccccc4)N5CC)C3=O)c(-c3ccccc3)cc2N(CC)C(c2ccccc2)C1c1ccccc1. The third-order valence-corrected chi connectivity index (χ3v) is 15.0. The maximum atomic E-state index is 15.6. The Kier molecular flexibility index (Phi) is 12.0. The number of aliphatic hydroxyl groups is 1. The zero-order chi connectivity index (χ0) is 47.9. The Morgan fingerprint density at radius 3 is 1.27 bits per heavy atom. The van der Waals surface area contributed by atoms with E-state index in [9.17, 15) is 5.11 Å². The normalized spacial score (nSPS) is 19.5. The summed E-state index contributed by atoms with van der Waals surface area (Å²) in [5.74, 6) is -0.132. The summed E-state index contributed by atoms with van der Waals surface area (Å²) in [5.41, 5.74) is 13.4. The lowest BCUT2D eigenvalue weighted by Crippen LogP contribution is -2.51. The Hall–Kier alpha value is -7.96. The van der Waals surface area contributed by atoms with Gasteiger partial charge in [-0.05, 0) is 95.6 Å². The van der Waals surface area contributed by atoms with Gasteiger partial charge in [0.05, 0.1) is 34.6 Å². The van der Waals surface area contributed by atoms with E-state index in [4.69, 9.17) is 0 Å². The van der Waals surface area contributed by atoms with Gasteiger partial charge in [-0.1, -0.05) is 182 Å². The van der Waals surface area contributed by atoms with Gasteiger partial charge in [0.25, 0.3) is 0 Å². The van der Waals surface area contributed by atoms with Crippen molar-refractivity contribution < 1.29 is 9.90 Å². The van der Waals surface area contributed by atoms with E-state index in [1.807, 2.05) is 36.4 Å². The van der Waals surface area contributed by atoms with Crippen LogP contribution in [-0.4, -0.2) is 37.1 Å². The molecule has 0 saturated carbocycles. The smallest absolute Gasteiger partial charge is 0.224 e. The first kappa shape index (κ1) is 44.5. The number of likely N-dealkylation sites (N-methyl/N-ethyl adjacent to an activating group) is 4. The van der Waals surface area contributed by atoms with Crippen LogP contribution in [0.1, 0.15) is 79.7 Å². The molecule has 0 saturated heterocycles. The Morgan fingerprint density at radius 2 is 0.829 bits per heavy atom. The zero-order valence-electron chi connectivity index (χ0n) is 40.4. The van der Waals surface area contributed by atoms with E-state index in [-0.39, 0.29) is 35.7 Å². The molecule has 70 heavy (non-hydrogen) atoms. The molecule has 346 valence electrons. The molecule has 0 radical (unpaired) electrons. The van der Waals surface area contributed by atoms with Gasteiger partial charge in [-0.25, -0.2) is 4.58 Å². The van der Waals surface area contributed by atoms with E-state index in [1.54, 1.807) is 0 Å². The van der Waals surface area contributed by atoms with Crippen LogP contribution in [-0.2, 0) is 4.79 Å². The van der Waals surface area contributed by atoms with Crippen LogP contribution < -0.4 is 29.9 Å². The van der Waals surface area contributed by atoms with Crippen molar-refractivity contribution in [3.05, 3.63) is 250 Å². The van der Waals surface area contributed by atoms with Gasteiger partial charge in [0.2, 0.25) is 17.2 Å². The monoisotopic (exact) mass is 915 g/mol. The Labute approximate surface area is 412 Å². The summed E-state index contributed by atoms with van der Waals surface area (Å²) in [4.78, 5) is 23.1. The molecule has 2 aliphatic heterocycles. The molecule has 3 aliphatic rings. The molecule has 0 fully saturated rings. The molecular formula is C64H59N4O2+. The van der Waals surface area contributed by atoms with E-state index in [1.165, 1.54) is 22.3 Å². The average Bonchev–Trinajstić information content (AvgIpc) is 3.42. The molecule has 0 bridgehead atoms. The lowest BCUT2D eigenvalue weighted by atomic mass is 9.77. The van der Waals surface area contributed by atoms with Crippen LogP contribution in [0.4, 0.5) is 17.1 Å². The molecule has 0 amide bonds. The molecule has 8 aromatic rings. The van der Waals surface area contributed by atoms with Crippen molar-refractivity contribution in [3.63, 3.8) is 0 Å². The van der Waals surface area contributed by atoms with E-state index in [0.29, 0.717) is 11.1 Å². The van der Waals surface area contributed by atoms with Gasteiger partial charge >= 0.3 is 0 Å². The van der Waals surface area contributed by atoms with Crippen molar-refractivity contribution in [1.82, 2.24) is 4.58 Å². The molecular weight excluding hydrogens is 857 g/mol. The number of benzene rings is 8. The van der Waals surface area contributed by atoms with Gasteiger partial charge in [0.15, 0.2) is 0 Å². The predicted molar refractivity (Wildman–Crippen MR) is 289 cm³/mol. The molecule has 2 heterocycles.